The van der Waals surface area contributed by atoms with E-state index in [4.69, 9.17) is 11.6 Å². The highest BCUT2D eigenvalue weighted by Crippen LogP contribution is 2.30. The van der Waals surface area contributed by atoms with Crippen molar-refractivity contribution in [1.29, 1.82) is 0 Å². The minimum Gasteiger partial charge on any atom is -0.272 e. The van der Waals surface area contributed by atoms with Crippen LogP contribution in [-0.4, -0.2) is 32.1 Å². The Morgan fingerprint density at radius 1 is 1.00 bits per heavy atom. The number of nitrogens with one attached hydrogen (secondary N) is 1. The lowest BCUT2D eigenvalue weighted by Crippen LogP contribution is -2.21. The smallest absolute Gasteiger partial charge is 0.250 e. The predicted octanol–water partition coefficient (Wildman–Crippen LogP) is 6.83. The SMILES string of the molecule is C/C(=N\NC(=O)CSc1nnc(-c2ccc(C(C)(C)C)cc2)n1-c1ccc(C)cc1)c1ccccc1Cl. The van der Waals surface area contributed by atoms with Gasteiger partial charge in [0, 0.05) is 21.8 Å². The van der Waals surface area contributed by atoms with E-state index < -0.39 is 0 Å². The average molecular weight is 532 g/mol. The molecule has 0 unspecified atom stereocenters. The maximum Gasteiger partial charge on any atom is 0.250 e. The highest BCUT2D eigenvalue weighted by Gasteiger charge is 2.19. The zero-order valence-corrected chi connectivity index (χ0v) is 23.2. The number of hydrogen-bond donors (Lipinski definition) is 1. The third kappa shape index (κ3) is 6.48. The van der Waals surface area contributed by atoms with Crippen molar-refractivity contribution < 1.29 is 4.79 Å². The van der Waals surface area contributed by atoms with Gasteiger partial charge in [0.1, 0.15) is 0 Å². The van der Waals surface area contributed by atoms with E-state index in [1.165, 1.54) is 17.3 Å². The van der Waals surface area contributed by atoms with Gasteiger partial charge in [-0.25, -0.2) is 5.43 Å². The van der Waals surface area contributed by atoms with Gasteiger partial charge in [0.05, 0.1) is 11.5 Å². The van der Waals surface area contributed by atoms with Crippen LogP contribution < -0.4 is 5.43 Å². The van der Waals surface area contributed by atoms with Gasteiger partial charge in [0.25, 0.3) is 5.91 Å². The summed E-state index contributed by atoms with van der Waals surface area (Å²) in [5, 5.41) is 14.4. The molecule has 4 aromatic rings. The Hall–Kier alpha value is -3.42. The zero-order chi connectivity index (χ0) is 26.6. The molecular formula is C29H30ClN5OS. The van der Waals surface area contributed by atoms with Gasteiger partial charge in [0.2, 0.25) is 0 Å². The van der Waals surface area contributed by atoms with Gasteiger partial charge < -0.3 is 0 Å². The molecule has 1 aromatic heterocycles. The first-order valence-electron chi connectivity index (χ1n) is 12.0. The van der Waals surface area contributed by atoms with Crippen LogP contribution in [0.4, 0.5) is 0 Å². The fourth-order valence-electron chi connectivity index (χ4n) is 3.72. The van der Waals surface area contributed by atoms with Crippen LogP contribution in [0.1, 0.15) is 44.4 Å². The number of amides is 1. The zero-order valence-electron chi connectivity index (χ0n) is 21.6. The molecule has 8 heteroatoms. The molecule has 3 aromatic carbocycles. The van der Waals surface area contributed by atoms with Crippen molar-refractivity contribution in [3.8, 4) is 17.1 Å². The number of aromatic nitrogens is 3. The monoisotopic (exact) mass is 531 g/mol. The van der Waals surface area contributed by atoms with Gasteiger partial charge in [-0.15, -0.1) is 10.2 Å². The highest BCUT2D eigenvalue weighted by atomic mass is 35.5. The first-order valence-corrected chi connectivity index (χ1v) is 13.3. The van der Waals surface area contributed by atoms with Crippen LogP contribution in [0.2, 0.25) is 5.02 Å². The first-order chi connectivity index (χ1) is 17.6. The number of hydrazone groups is 1. The molecule has 37 heavy (non-hydrogen) atoms. The summed E-state index contributed by atoms with van der Waals surface area (Å²) in [6.07, 6.45) is 0. The summed E-state index contributed by atoms with van der Waals surface area (Å²) < 4.78 is 1.99. The molecule has 6 nitrogen and oxygen atoms in total. The second-order valence-corrected chi connectivity index (χ2v) is 11.2. The van der Waals surface area contributed by atoms with E-state index in [1.54, 1.807) is 13.0 Å². The second-order valence-electron chi connectivity index (χ2n) is 9.81. The predicted molar refractivity (Wildman–Crippen MR) is 153 cm³/mol. The number of carbonyl (C=O) groups excluding carboxylic acids is 1. The van der Waals surface area contributed by atoms with Crippen molar-refractivity contribution in [2.24, 2.45) is 5.10 Å². The molecule has 0 saturated carbocycles. The number of nitrogens with zero attached hydrogens (tertiary/aromatic N) is 4. The van der Waals surface area contributed by atoms with Crippen LogP contribution in [0.3, 0.4) is 0 Å². The van der Waals surface area contributed by atoms with E-state index >= 15 is 0 Å². The van der Waals surface area contributed by atoms with Gasteiger partial charge >= 0.3 is 0 Å². The molecule has 190 valence electrons. The van der Waals surface area contributed by atoms with Crippen molar-refractivity contribution in [1.82, 2.24) is 20.2 Å². The summed E-state index contributed by atoms with van der Waals surface area (Å²) in [6, 6.07) is 24.0. The standard InChI is InChI=1S/C29H30ClN5OS/c1-19-10-16-23(17-11-19)35-27(21-12-14-22(15-13-21)29(3,4)5)33-34-28(35)37-18-26(36)32-31-20(2)24-8-6-7-9-25(24)30/h6-17H,18H2,1-5H3,(H,32,36)/b31-20+. The Labute approximate surface area is 227 Å². The molecule has 0 aliphatic carbocycles. The van der Waals surface area contributed by atoms with Crippen LogP contribution in [0.15, 0.2) is 83.1 Å². The fourth-order valence-corrected chi connectivity index (χ4v) is 4.74. The van der Waals surface area contributed by atoms with Gasteiger partial charge in [0.15, 0.2) is 11.0 Å². The molecule has 0 aliphatic rings. The maximum absolute atomic E-state index is 12.6. The summed E-state index contributed by atoms with van der Waals surface area (Å²) in [6.45, 7) is 10.4. The Morgan fingerprint density at radius 2 is 1.68 bits per heavy atom. The van der Waals surface area contributed by atoms with E-state index in [0.29, 0.717) is 15.9 Å². The van der Waals surface area contributed by atoms with Crippen molar-refractivity contribution in [3.05, 3.63) is 94.5 Å². The topological polar surface area (TPSA) is 72.2 Å². The van der Waals surface area contributed by atoms with Gasteiger partial charge in [-0.3, -0.25) is 9.36 Å². The molecular weight excluding hydrogens is 502 g/mol. The third-order valence-corrected chi connectivity index (χ3v) is 7.14. The summed E-state index contributed by atoms with van der Waals surface area (Å²) in [4.78, 5) is 12.6. The molecule has 0 spiro atoms. The minimum atomic E-state index is -0.245. The van der Waals surface area contributed by atoms with Crippen LogP contribution >= 0.6 is 23.4 Å². The number of hydrogen-bond acceptors (Lipinski definition) is 5. The molecule has 4 rings (SSSR count). The molecule has 1 amide bonds. The molecule has 0 aliphatic heterocycles. The molecule has 0 radical (unpaired) electrons. The lowest BCUT2D eigenvalue weighted by Gasteiger charge is -2.19. The number of halogens is 1. The second kappa shape index (κ2) is 11.3. The Kier molecular flexibility index (Phi) is 8.15. The minimum absolute atomic E-state index is 0.0597. The van der Waals surface area contributed by atoms with E-state index in [9.17, 15) is 4.79 Å². The Balaban J connectivity index is 1.56. The Morgan fingerprint density at radius 3 is 2.32 bits per heavy atom. The molecule has 0 bridgehead atoms. The van der Waals surface area contributed by atoms with Crippen LogP contribution in [0.5, 0.6) is 0 Å². The van der Waals surface area contributed by atoms with Crippen molar-refractivity contribution in [3.63, 3.8) is 0 Å². The van der Waals surface area contributed by atoms with Crippen LogP contribution in [0.25, 0.3) is 17.1 Å². The fraction of sp³-hybridized carbons (Fsp3) is 0.241. The summed E-state index contributed by atoms with van der Waals surface area (Å²) in [5.41, 5.74) is 8.38. The van der Waals surface area contributed by atoms with Gasteiger partial charge in [-0.2, -0.15) is 5.10 Å². The number of benzene rings is 3. The summed E-state index contributed by atoms with van der Waals surface area (Å²) in [7, 11) is 0. The number of rotatable bonds is 7. The molecule has 0 saturated heterocycles. The largest absolute Gasteiger partial charge is 0.272 e. The van der Waals surface area contributed by atoms with Crippen molar-refractivity contribution >= 4 is 35.0 Å². The van der Waals surface area contributed by atoms with Crippen molar-refractivity contribution in [2.75, 3.05) is 5.75 Å². The van der Waals surface area contributed by atoms with Gasteiger partial charge in [-0.05, 0) is 43.0 Å². The maximum atomic E-state index is 12.6. The quantitative estimate of drug-likeness (QED) is 0.161. The molecule has 0 fully saturated rings. The molecule has 0 atom stereocenters. The highest BCUT2D eigenvalue weighted by molar-refractivity contribution is 7.99. The number of carbonyl (C=O) groups is 1. The van der Waals surface area contributed by atoms with E-state index in [2.05, 4.69) is 77.9 Å². The first kappa shape index (κ1) is 26.6. The van der Waals surface area contributed by atoms with E-state index in [1.807, 2.05) is 41.8 Å². The summed E-state index contributed by atoms with van der Waals surface area (Å²) in [5.74, 6) is 0.609. The molecule has 1 N–H and O–H groups in total. The number of aryl methyl sites for hydroxylation is 1. The van der Waals surface area contributed by atoms with Crippen molar-refractivity contribution in [2.45, 2.75) is 45.2 Å². The lowest BCUT2D eigenvalue weighted by molar-refractivity contribution is -0.118. The normalized spacial score (nSPS) is 12.0. The third-order valence-electron chi connectivity index (χ3n) is 5.88. The molecule has 1 heterocycles. The summed E-state index contributed by atoms with van der Waals surface area (Å²) >= 11 is 7.54. The van der Waals surface area contributed by atoms with Crippen LogP contribution in [-0.2, 0) is 10.2 Å². The van der Waals surface area contributed by atoms with Gasteiger partial charge in [-0.1, -0.05) is 104 Å². The number of thioether (sulfide) groups is 1. The lowest BCUT2D eigenvalue weighted by atomic mass is 9.87. The van der Waals surface area contributed by atoms with E-state index in [-0.39, 0.29) is 17.1 Å². The van der Waals surface area contributed by atoms with Crippen LogP contribution in [0, 0.1) is 6.92 Å². The average Bonchev–Trinajstić information content (AvgIpc) is 3.30. The van der Waals surface area contributed by atoms with E-state index in [0.717, 1.165) is 28.2 Å². The Bertz CT molecular complexity index is 1420.